The fraction of sp³-hybridized carbons (Fsp3) is 0.133. The highest BCUT2D eigenvalue weighted by Gasteiger charge is 2.21. The second-order valence-corrected chi connectivity index (χ2v) is 5.54. The van der Waals surface area contributed by atoms with Crippen LogP contribution in [-0.4, -0.2) is 5.91 Å². The van der Waals surface area contributed by atoms with Crippen molar-refractivity contribution in [1.82, 2.24) is 0 Å². The summed E-state index contributed by atoms with van der Waals surface area (Å²) >= 11 is 12.1. The van der Waals surface area contributed by atoms with Crippen molar-refractivity contribution in [1.29, 1.82) is 0 Å². The SMILES string of the molecule is O=C1Cc2cc(C(Cl)c3ccc(Cl)cc3F)ccc2N1. The maximum absolute atomic E-state index is 13.9. The van der Waals surface area contributed by atoms with Gasteiger partial charge < -0.3 is 5.32 Å². The Labute approximate surface area is 125 Å². The van der Waals surface area contributed by atoms with Crippen molar-refractivity contribution in [2.45, 2.75) is 11.8 Å². The maximum atomic E-state index is 13.9. The Morgan fingerprint density at radius 2 is 2.00 bits per heavy atom. The summed E-state index contributed by atoms with van der Waals surface area (Å²) in [4.78, 5) is 11.3. The predicted molar refractivity (Wildman–Crippen MR) is 77.9 cm³/mol. The minimum Gasteiger partial charge on any atom is -0.326 e. The maximum Gasteiger partial charge on any atom is 0.228 e. The van der Waals surface area contributed by atoms with Crippen LogP contribution in [0.1, 0.15) is 22.1 Å². The van der Waals surface area contributed by atoms with Crippen LogP contribution in [0.25, 0.3) is 0 Å². The Bertz CT molecular complexity index is 702. The Morgan fingerprint density at radius 3 is 2.75 bits per heavy atom. The summed E-state index contributed by atoms with van der Waals surface area (Å²) < 4.78 is 13.9. The van der Waals surface area contributed by atoms with Crippen molar-refractivity contribution in [3.8, 4) is 0 Å². The molecule has 0 saturated heterocycles. The van der Waals surface area contributed by atoms with Crippen LogP contribution in [0.5, 0.6) is 0 Å². The molecule has 5 heteroatoms. The number of halogens is 3. The molecule has 0 radical (unpaired) electrons. The second kappa shape index (κ2) is 5.08. The fourth-order valence-corrected chi connectivity index (χ4v) is 2.76. The summed E-state index contributed by atoms with van der Waals surface area (Å²) in [6, 6.07) is 9.83. The van der Waals surface area contributed by atoms with E-state index in [0.29, 0.717) is 17.0 Å². The van der Waals surface area contributed by atoms with Gasteiger partial charge in [-0.3, -0.25) is 4.79 Å². The van der Waals surface area contributed by atoms with E-state index < -0.39 is 11.2 Å². The van der Waals surface area contributed by atoms with E-state index in [-0.39, 0.29) is 5.91 Å². The molecule has 1 heterocycles. The molecule has 1 aliphatic rings. The van der Waals surface area contributed by atoms with E-state index in [1.54, 1.807) is 24.3 Å². The zero-order chi connectivity index (χ0) is 14.3. The van der Waals surface area contributed by atoms with Crippen molar-refractivity contribution in [2.75, 3.05) is 5.32 Å². The lowest BCUT2D eigenvalue weighted by atomic mass is 10.0. The molecular weight excluding hydrogens is 300 g/mol. The standard InChI is InChI=1S/C15H10Cl2FNO/c16-10-2-3-11(12(18)7-10)15(17)8-1-4-13-9(5-8)6-14(20)19-13/h1-5,7,15H,6H2,(H,19,20). The number of hydrogen-bond donors (Lipinski definition) is 1. The molecule has 1 atom stereocenters. The number of amides is 1. The van der Waals surface area contributed by atoms with Crippen LogP contribution in [0.3, 0.4) is 0 Å². The average molecular weight is 310 g/mol. The lowest BCUT2D eigenvalue weighted by Crippen LogP contribution is -2.03. The van der Waals surface area contributed by atoms with Crippen LogP contribution >= 0.6 is 23.2 Å². The zero-order valence-electron chi connectivity index (χ0n) is 10.3. The van der Waals surface area contributed by atoms with Crippen LogP contribution in [0.2, 0.25) is 5.02 Å². The lowest BCUT2D eigenvalue weighted by molar-refractivity contribution is -0.115. The summed E-state index contributed by atoms with van der Waals surface area (Å²) in [6.45, 7) is 0. The summed E-state index contributed by atoms with van der Waals surface area (Å²) in [5, 5.41) is 2.46. The monoisotopic (exact) mass is 309 g/mol. The number of alkyl halides is 1. The van der Waals surface area contributed by atoms with E-state index in [9.17, 15) is 9.18 Å². The van der Waals surface area contributed by atoms with E-state index in [0.717, 1.165) is 16.8 Å². The van der Waals surface area contributed by atoms with Gasteiger partial charge in [0.25, 0.3) is 0 Å². The van der Waals surface area contributed by atoms with Crippen molar-refractivity contribution in [3.05, 3.63) is 63.9 Å². The lowest BCUT2D eigenvalue weighted by Gasteiger charge is -2.13. The van der Waals surface area contributed by atoms with Gasteiger partial charge in [-0.15, -0.1) is 11.6 Å². The number of benzene rings is 2. The van der Waals surface area contributed by atoms with Crippen molar-refractivity contribution in [3.63, 3.8) is 0 Å². The molecule has 0 saturated carbocycles. The Kier molecular flexibility index (Phi) is 3.40. The van der Waals surface area contributed by atoms with Crippen molar-refractivity contribution < 1.29 is 9.18 Å². The Morgan fingerprint density at radius 1 is 1.20 bits per heavy atom. The first-order chi connectivity index (χ1) is 9.54. The summed E-state index contributed by atoms with van der Waals surface area (Å²) in [6.07, 6.45) is 0.329. The molecule has 0 bridgehead atoms. The molecule has 20 heavy (non-hydrogen) atoms. The van der Waals surface area contributed by atoms with Gasteiger partial charge in [0.2, 0.25) is 5.91 Å². The summed E-state index contributed by atoms with van der Waals surface area (Å²) in [7, 11) is 0. The van der Waals surface area contributed by atoms with E-state index in [4.69, 9.17) is 23.2 Å². The number of hydrogen-bond acceptors (Lipinski definition) is 1. The molecule has 2 nitrogen and oxygen atoms in total. The van der Waals surface area contributed by atoms with Gasteiger partial charge in [0.05, 0.1) is 11.8 Å². The number of carbonyl (C=O) groups is 1. The molecule has 0 aliphatic carbocycles. The normalized spacial score (nSPS) is 14.8. The van der Waals surface area contributed by atoms with Gasteiger partial charge in [-0.25, -0.2) is 4.39 Å². The molecule has 0 spiro atoms. The van der Waals surface area contributed by atoms with Crippen LogP contribution in [0.15, 0.2) is 36.4 Å². The first kappa shape index (κ1) is 13.4. The van der Waals surface area contributed by atoms with Crippen molar-refractivity contribution in [2.24, 2.45) is 0 Å². The molecule has 0 aromatic heterocycles. The van der Waals surface area contributed by atoms with Gasteiger partial charge in [-0.2, -0.15) is 0 Å². The molecule has 102 valence electrons. The quantitative estimate of drug-likeness (QED) is 0.823. The van der Waals surface area contributed by atoms with Gasteiger partial charge in [-0.1, -0.05) is 29.8 Å². The highest BCUT2D eigenvalue weighted by atomic mass is 35.5. The van der Waals surface area contributed by atoms with E-state index >= 15 is 0 Å². The van der Waals surface area contributed by atoms with Gasteiger partial charge in [0, 0.05) is 16.3 Å². The molecular formula is C15H10Cl2FNO. The Balaban J connectivity index is 1.97. The van der Waals surface area contributed by atoms with E-state index in [1.807, 2.05) is 6.07 Å². The molecule has 3 rings (SSSR count). The smallest absolute Gasteiger partial charge is 0.228 e. The number of rotatable bonds is 2. The number of nitrogens with one attached hydrogen (secondary N) is 1. The van der Waals surface area contributed by atoms with Gasteiger partial charge in [-0.05, 0) is 29.3 Å². The molecule has 2 aromatic rings. The van der Waals surface area contributed by atoms with E-state index in [2.05, 4.69) is 5.32 Å². The van der Waals surface area contributed by atoms with Crippen LogP contribution < -0.4 is 5.32 Å². The van der Waals surface area contributed by atoms with Gasteiger partial charge in [0.1, 0.15) is 5.82 Å². The minimum atomic E-state index is -0.617. The third-order valence-electron chi connectivity index (χ3n) is 3.28. The molecule has 0 fully saturated rings. The number of fused-ring (bicyclic) bond motifs is 1. The first-order valence-corrected chi connectivity index (χ1v) is 6.88. The van der Waals surface area contributed by atoms with Crippen LogP contribution in [-0.2, 0) is 11.2 Å². The number of anilines is 1. The summed E-state index contributed by atoms with van der Waals surface area (Å²) in [5.41, 5.74) is 2.79. The van der Waals surface area contributed by atoms with Gasteiger partial charge in [0.15, 0.2) is 0 Å². The molecule has 1 N–H and O–H groups in total. The van der Waals surface area contributed by atoms with Crippen LogP contribution in [0.4, 0.5) is 10.1 Å². The first-order valence-electron chi connectivity index (χ1n) is 6.06. The Hall–Kier alpha value is -1.58. The molecule has 1 aliphatic heterocycles. The van der Waals surface area contributed by atoms with Crippen LogP contribution in [0, 0.1) is 5.82 Å². The highest BCUT2D eigenvalue weighted by Crippen LogP contribution is 2.34. The fourth-order valence-electron chi connectivity index (χ4n) is 2.29. The largest absolute Gasteiger partial charge is 0.326 e. The topological polar surface area (TPSA) is 29.1 Å². The average Bonchev–Trinajstić information content (AvgIpc) is 2.77. The minimum absolute atomic E-state index is 0.0408. The molecule has 2 aromatic carbocycles. The zero-order valence-corrected chi connectivity index (χ0v) is 11.8. The van der Waals surface area contributed by atoms with Gasteiger partial charge >= 0.3 is 0 Å². The summed E-state index contributed by atoms with van der Waals surface area (Å²) in [5.74, 6) is -0.479. The highest BCUT2D eigenvalue weighted by molar-refractivity contribution is 6.30. The van der Waals surface area contributed by atoms with E-state index in [1.165, 1.54) is 6.07 Å². The predicted octanol–water partition coefficient (Wildman–Crippen LogP) is 4.30. The third kappa shape index (κ3) is 2.39. The molecule has 1 unspecified atom stereocenters. The number of carbonyl (C=O) groups excluding carboxylic acids is 1. The van der Waals surface area contributed by atoms with Crippen molar-refractivity contribution >= 4 is 34.8 Å². The second-order valence-electron chi connectivity index (χ2n) is 4.67. The third-order valence-corrected chi connectivity index (χ3v) is 4.00. The molecule has 1 amide bonds.